The third-order valence-electron chi connectivity index (χ3n) is 2.91. The maximum absolute atomic E-state index is 12.0. The molecule has 0 bridgehead atoms. The molecule has 0 aliphatic rings. The highest BCUT2D eigenvalue weighted by molar-refractivity contribution is 6.31. The lowest BCUT2D eigenvalue weighted by molar-refractivity contribution is -0.126. The largest absolute Gasteiger partial charge is 0.348 e. The number of nitrogens with one attached hydrogen (secondary N) is 2. The maximum atomic E-state index is 12.0. The molecule has 0 aliphatic heterocycles. The summed E-state index contributed by atoms with van der Waals surface area (Å²) in [5.41, 5.74) is 0.338. The summed E-state index contributed by atoms with van der Waals surface area (Å²) >= 11 is 6.08. The van der Waals surface area contributed by atoms with Crippen LogP contribution in [0, 0.1) is 0 Å². The number of carbonyl (C=O) groups is 1. The molecule has 1 rings (SSSR count). The highest BCUT2D eigenvalue weighted by atomic mass is 35.5. The Labute approximate surface area is 108 Å². The van der Waals surface area contributed by atoms with Crippen molar-refractivity contribution in [3.05, 3.63) is 34.9 Å². The van der Waals surface area contributed by atoms with Gasteiger partial charge in [-0.05, 0) is 39.4 Å². The summed E-state index contributed by atoms with van der Waals surface area (Å²) < 4.78 is 0. The van der Waals surface area contributed by atoms with Gasteiger partial charge in [0.05, 0.1) is 11.6 Å². The van der Waals surface area contributed by atoms with Crippen molar-refractivity contribution < 1.29 is 4.79 Å². The molecule has 0 aromatic heterocycles. The first-order valence-electron chi connectivity index (χ1n) is 5.63. The molecule has 3 nitrogen and oxygen atoms in total. The molecule has 0 heterocycles. The average molecular weight is 255 g/mol. The molecular formula is C13H19ClN2O. The molecule has 0 saturated heterocycles. The molecule has 0 spiro atoms. The zero-order valence-electron chi connectivity index (χ0n) is 10.7. The SMILES string of the molecule is CNC(C)(C)C(=O)N[C@@H](C)c1ccccc1Cl. The third-order valence-corrected chi connectivity index (χ3v) is 3.26. The van der Waals surface area contributed by atoms with Crippen molar-refractivity contribution in [3.63, 3.8) is 0 Å². The summed E-state index contributed by atoms with van der Waals surface area (Å²) in [6.45, 7) is 5.59. The average Bonchev–Trinajstić information content (AvgIpc) is 2.29. The van der Waals surface area contributed by atoms with Crippen molar-refractivity contribution in [3.8, 4) is 0 Å². The molecule has 0 radical (unpaired) electrons. The lowest BCUT2D eigenvalue weighted by atomic mass is 10.0. The van der Waals surface area contributed by atoms with E-state index >= 15 is 0 Å². The number of rotatable bonds is 4. The van der Waals surface area contributed by atoms with E-state index < -0.39 is 5.54 Å². The molecule has 4 heteroatoms. The molecule has 0 fully saturated rings. The lowest BCUT2D eigenvalue weighted by Gasteiger charge is -2.26. The predicted octanol–water partition coefficient (Wildman–Crippen LogP) is 2.52. The van der Waals surface area contributed by atoms with Gasteiger partial charge in [-0.1, -0.05) is 29.8 Å². The molecule has 17 heavy (non-hydrogen) atoms. The van der Waals surface area contributed by atoms with Gasteiger partial charge in [-0.2, -0.15) is 0 Å². The number of amides is 1. The van der Waals surface area contributed by atoms with Crippen LogP contribution in [0.5, 0.6) is 0 Å². The van der Waals surface area contributed by atoms with Crippen molar-refractivity contribution in [1.29, 1.82) is 0 Å². The second-order valence-electron chi connectivity index (χ2n) is 4.59. The smallest absolute Gasteiger partial charge is 0.240 e. The van der Waals surface area contributed by atoms with Crippen LogP contribution in [0.2, 0.25) is 5.02 Å². The van der Waals surface area contributed by atoms with Gasteiger partial charge in [-0.25, -0.2) is 0 Å². The van der Waals surface area contributed by atoms with E-state index in [1.165, 1.54) is 0 Å². The van der Waals surface area contributed by atoms with Crippen LogP contribution in [-0.2, 0) is 4.79 Å². The van der Waals surface area contributed by atoms with Crippen molar-refractivity contribution in [2.75, 3.05) is 7.05 Å². The molecule has 94 valence electrons. The van der Waals surface area contributed by atoms with Crippen LogP contribution in [0.1, 0.15) is 32.4 Å². The van der Waals surface area contributed by atoms with E-state index in [2.05, 4.69) is 10.6 Å². The van der Waals surface area contributed by atoms with Crippen molar-refractivity contribution in [2.45, 2.75) is 32.4 Å². The van der Waals surface area contributed by atoms with E-state index in [9.17, 15) is 4.79 Å². The van der Waals surface area contributed by atoms with E-state index in [0.717, 1.165) is 5.56 Å². The first-order chi connectivity index (χ1) is 7.88. The van der Waals surface area contributed by atoms with Gasteiger partial charge >= 0.3 is 0 Å². The predicted molar refractivity (Wildman–Crippen MR) is 71.1 cm³/mol. The van der Waals surface area contributed by atoms with Gasteiger partial charge in [0.1, 0.15) is 0 Å². The minimum absolute atomic E-state index is 0.0487. The first-order valence-corrected chi connectivity index (χ1v) is 6.00. The summed E-state index contributed by atoms with van der Waals surface area (Å²) in [4.78, 5) is 12.0. The fourth-order valence-corrected chi connectivity index (χ4v) is 1.69. The second kappa shape index (κ2) is 5.52. The fraction of sp³-hybridized carbons (Fsp3) is 0.462. The zero-order chi connectivity index (χ0) is 13.1. The summed E-state index contributed by atoms with van der Waals surface area (Å²) in [6, 6.07) is 7.41. The fourth-order valence-electron chi connectivity index (χ4n) is 1.39. The summed E-state index contributed by atoms with van der Waals surface area (Å²) in [6.07, 6.45) is 0. The second-order valence-corrected chi connectivity index (χ2v) is 5.00. The summed E-state index contributed by atoms with van der Waals surface area (Å²) in [5.74, 6) is -0.0487. The highest BCUT2D eigenvalue weighted by Crippen LogP contribution is 2.22. The van der Waals surface area contributed by atoms with Gasteiger partial charge in [-0.15, -0.1) is 0 Å². The molecule has 0 unspecified atom stereocenters. The number of hydrogen-bond acceptors (Lipinski definition) is 2. The molecular weight excluding hydrogens is 236 g/mol. The van der Waals surface area contributed by atoms with Crippen LogP contribution < -0.4 is 10.6 Å². The van der Waals surface area contributed by atoms with Gasteiger partial charge in [0.2, 0.25) is 5.91 Å². The topological polar surface area (TPSA) is 41.1 Å². The summed E-state index contributed by atoms with van der Waals surface area (Å²) in [5, 5.41) is 6.58. The maximum Gasteiger partial charge on any atom is 0.240 e. The van der Waals surface area contributed by atoms with Crippen LogP contribution in [-0.4, -0.2) is 18.5 Å². The molecule has 0 aliphatic carbocycles. The Morgan fingerprint density at radius 3 is 2.47 bits per heavy atom. The normalized spacial score (nSPS) is 13.2. The van der Waals surface area contributed by atoms with Crippen LogP contribution in [0.15, 0.2) is 24.3 Å². The van der Waals surface area contributed by atoms with Gasteiger partial charge in [0, 0.05) is 5.02 Å². The lowest BCUT2D eigenvalue weighted by Crippen LogP contribution is -2.51. The zero-order valence-corrected chi connectivity index (χ0v) is 11.4. The van der Waals surface area contributed by atoms with E-state index in [0.29, 0.717) is 5.02 Å². The van der Waals surface area contributed by atoms with Crippen molar-refractivity contribution in [2.24, 2.45) is 0 Å². The number of likely N-dealkylation sites (N-methyl/N-ethyl adjacent to an activating group) is 1. The molecule has 2 N–H and O–H groups in total. The Morgan fingerprint density at radius 1 is 1.35 bits per heavy atom. The van der Waals surface area contributed by atoms with Gasteiger partial charge in [0.25, 0.3) is 0 Å². The quantitative estimate of drug-likeness (QED) is 0.867. The van der Waals surface area contributed by atoms with E-state index in [1.54, 1.807) is 7.05 Å². The third kappa shape index (κ3) is 3.45. The molecule has 1 aromatic rings. The van der Waals surface area contributed by atoms with E-state index in [-0.39, 0.29) is 11.9 Å². The van der Waals surface area contributed by atoms with Gasteiger partial charge < -0.3 is 10.6 Å². The van der Waals surface area contributed by atoms with Gasteiger partial charge in [-0.3, -0.25) is 4.79 Å². The summed E-state index contributed by atoms with van der Waals surface area (Å²) in [7, 11) is 1.76. The highest BCUT2D eigenvalue weighted by Gasteiger charge is 2.26. The Kier molecular flexibility index (Phi) is 4.54. The molecule has 1 aromatic carbocycles. The Hall–Kier alpha value is -1.06. The molecule has 0 saturated carbocycles. The van der Waals surface area contributed by atoms with Gasteiger partial charge in [0.15, 0.2) is 0 Å². The van der Waals surface area contributed by atoms with Crippen molar-refractivity contribution in [1.82, 2.24) is 10.6 Å². The number of hydrogen-bond donors (Lipinski definition) is 2. The van der Waals surface area contributed by atoms with Crippen LogP contribution >= 0.6 is 11.6 Å². The minimum atomic E-state index is -0.588. The molecule has 1 atom stereocenters. The number of halogens is 1. The van der Waals surface area contributed by atoms with E-state index in [1.807, 2.05) is 45.0 Å². The Morgan fingerprint density at radius 2 is 1.94 bits per heavy atom. The van der Waals surface area contributed by atoms with Crippen LogP contribution in [0.4, 0.5) is 0 Å². The number of carbonyl (C=O) groups excluding carboxylic acids is 1. The Bertz CT molecular complexity index is 404. The first kappa shape index (κ1) is 14.0. The Balaban J connectivity index is 2.77. The minimum Gasteiger partial charge on any atom is -0.348 e. The standard InChI is InChI=1S/C13H19ClN2O/c1-9(10-7-5-6-8-11(10)14)16-12(17)13(2,3)15-4/h5-9,15H,1-4H3,(H,16,17)/t9-/m0/s1. The van der Waals surface area contributed by atoms with Crippen LogP contribution in [0.25, 0.3) is 0 Å². The molecule has 1 amide bonds. The monoisotopic (exact) mass is 254 g/mol. The number of benzene rings is 1. The van der Waals surface area contributed by atoms with E-state index in [4.69, 9.17) is 11.6 Å². The van der Waals surface area contributed by atoms with Crippen molar-refractivity contribution >= 4 is 17.5 Å². The van der Waals surface area contributed by atoms with Crippen LogP contribution in [0.3, 0.4) is 0 Å².